The highest BCUT2D eigenvalue weighted by molar-refractivity contribution is 6.10. The topological polar surface area (TPSA) is 85.2 Å². The van der Waals surface area contributed by atoms with Crippen LogP contribution in [0.1, 0.15) is 47.4 Å². The zero-order valence-electron chi connectivity index (χ0n) is 18.8. The number of aromatic amines is 1. The molecule has 0 spiro atoms. The Balaban J connectivity index is 1.45. The van der Waals surface area contributed by atoms with Crippen molar-refractivity contribution in [3.8, 4) is 11.8 Å². The number of aromatic nitrogens is 2. The first-order valence-electron chi connectivity index (χ1n) is 11.4. The SMILES string of the molecule is COc1ccc(N(C(=O)c2cc(C#N)n[nH]2)c2ccc(C3(CN4CCCC4)CC3)cc2)cc1. The van der Waals surface area contributed by atoms with Gasteiger partial charge in [0, 0.05) is 29.4 Å². The van der Waals surface area contributed by atoms with E-state index in [0.29, 0.717) is 11.4 Å². The van der Waals surface area contributed by atoms with Gasteiger partial charge in [-0.1, -0.05) is 12.1 Å². The maximum atomic E-state index is 13.5. The van der Waals surface area contributed by atoms with Gasteiger partial charge in [0.25, 0.3) is 5.91 Å². The van der Waals surface area contributed by atoms with Crippen molar-refractivity contribution in [2.45, 2.75) is 31.1 Å². The number of hydrogen-bond donors (Lipinski definition) is 1. The Hall–Kier alpha value is -3.63. The first kappa shape index (κ1) is 21.2. The second kappa shape index (κ2) is 8.72. The average molecular weight is 442 g/mol. The monoisotopic (exact) mass is 441 g/mol. The van der Waals surface area contributed by atoms with Gasteiger partial charge in [-0.3, -0.25) is 14.8 Å². The fourth-order valence-corrected chi connectivity index (χ4v) is 4.75. The summed E-state index contributed by atoms with van der Waals surface area (Å²) in [4.78, 5) is 17.7. The van der Waals surface area contributed by atoms with Crippen LogP contribution in [-0.4, -0.2) is 47.7 Å². The van der Waals surface area contributed by atoms with Gasteiger partial charge in [-0.2, -0.15) is 10.4 Å². The number of nitrogens with one attached hydrogen (secondary N) is 1. The predicted molar refractivity (Wildman–Crippen MR) is 126 cm³/mol. The number of H-pyrrole nitrogens is 1. The standard InChI is InChI=1S/C26H27N5O2/c1-33-23-10-8-22(9-11-23)31(25(32)24-16-20(17-27)28-29-24)21-6-4-19(5-7-21)26(12-13-26)18-30-14-2-3-15-30/h4-11,16H,2-3,12-15,18H2,1H3,(H,28,29). The van der Waals surface area contributed by atoms with Crippen LogP contribution in [0.15, 0.2) is 54.6 Å². The van der Waals surface area contributed by atoms with E-state index in [9.17, 15) is 4.79 Å². The number of amides is 1. The minimum Gasteiger partial charge on any atom is -0.497 e. The lowest BCUT2D eigenvalue weighted by Crippen LogP contribution is -2.30. The average Bonchev–Trinajstić information content (AvgIpc) is 3.23. The van der Waals surface area contributed by atoms with Gasteiger partial charge < -0.3 is 9.64 Å². The Morgan fingerprint density at radius 1 is 1.12 bits per heavy atom. The normalized spacial score (nSPS) is 16.8. The minimum absolute atomic E-state index is 0.181. The molecular formula is C26H27N5O2. The van der Waals surface area contributed by atoms with Crippen molar-refractivity contribution >= 4 is 17.3 Å². The van der Waals surface area contributed by atoms with Crippen LogP contribution in [0.5, 0.6) is 5.75 Å². The molecule has 1 aliphatic heterocycles. The van der Waals surface area contributed by atoms with E-state index in [2.05, 4.69) is 27.2 Å². The zero-order chi connectivity index (χ0) is 22.8. The largest absolute Gasteiger partial charge is 0.497 e. The number of carbonyl (C=O) groups excluding carboxylic acids is 1. The lowest BCUT2D eigenvalue weighted by molar-refractivity contribution is 0.0994. The minimum atomic E-state index is -0.278. The Morgan fingerprint density at radius 3 is 2.30 bits per heavy atom. The number of methoxy groups -OCH3 is 1. The smallest absolute Gasteiger partial charge is 0.280 e. The molecule has 5 rings (SSSR count). The first-order valence-corrected chi connectivity index (χ1v) is 11.4. The zero-order valence-corrected chi connectivity index (χ0v) is 18.8. The molecule has 168 valence electrons. The van der Waals surface area contributed by atoms with E-state index in [-0.39, 0.29) is 22.7 Å². The molecule has 1 saturated carbocycles. The molecule has 0 atom stereocenters. The molecule has 0 bridgehead atoms. The molecule has 2 aromatic carbocycles. The van der Waals surface area contributed by atoms with E-state index in [4.69, 9.17) is 10.00 Å². The highest BCUT2D eigenvalue weighted by Gasteiger charge is 2.45. The van der Waals surface area contributed by atoms with E-state index < -0.39 is 0 Å². The van der Waals surface area contributed by atoms with Gasteiger partial charge >= 0.3 is 0 Å². The molecular weight excluding hydrogens is 414 g/mol. The van der Waals surface area contributed by atoms with Crippen LogP contribution in [0.3, 0.4) is 0 Å². The van der Waals surface area contributed by atoms with E-state index in [1.807, 2.05) is 42.5 Å². The molecule has 1 aliphatic carbocycles. The number of benzene rings is 2. The highest BCUT2D eigenvalue weighted by Crippen LogP contribution is 2.49. The van der Waals surface area contributed by atoms with Crippen molar-refractivity contribution in [1.29, 1.82) is 5.26 Å². The number of likely N-dealkylation sites (tertiary alicyclic amines) is 1. The number of rotatable bonds is 7. The fourth-order valence-electron chi connectivity index (χ4n) is 4.75. The van der Waals surface area contributed by atoms with Gasteiger partial charge in [0.15, 0.2) is 5.69 Å². The summed E-state index contributed by atoms with van der Waals surface area (Å²) in [6.45, 7) is 3.53. The van der Waals surface area contributed by atoms with Gasteiger partial charge in [-0.25, -0.2) is 0 Å². The third kappa shape index (κ3) is 4.22. The van der Waals surface area contributed by atoms with Crippen molar-refractivity contribution in [1.82, 2.24) is 15.1 Å². The number of carbonyl (C=O) groups is 1. The lowest BCUT2D eigenvalue weighted by Gasteiger charge is -2.25. The molecule has 3 aromatic rings. The molecule has 33 heavy (non-hydrogen) atoms. The van der Waals surface area contributed by atoms with Crippen molar-refractivity contribution in [3.05, 3.63) is 71.5 Å². The Kier molecular flexibility index (Phi) is 5.61. The number of nitrogens with zero attached hydrogens (tertiary/aromatic N) is 4. The quantitative estimate of drug-likeness (QED) is 0.588. The number of anilines is 2. The molecule has 0 unspecified atom stereocenters. The molecule has 1 amide bonds. The van der Waals surface area contributed by atoms with Gasteiger partial charge in [0.2, 0.25) is 0 Å². The molecule has 7 heteroatoms. The predicted octanol–water partition coefficient (Wildman–Crippen LogP) is 4.40. The summed E-state index contributed by atoms with van der Waals surface area (Å²) in [6.07, 6.45) is 5.04. The van der Waals surface area contributed by atoms with E-state index in [1.165, 1.54) is 50.4 Å². The Morgan fingerprint density at radius 2 is 1.76 bits per heavy atom. The van der Waals surface area contributed by atoms with Crippen molar-refractivity contribution in [3.63, 3.8) is 0 Å². The van der Waals surface area contributed by atoms with E-state index in [1.54, 1.807) is 12.0 Å². The highest BCUT2D eigenvalue weighted by atomic mass is 16.5. The maximum Gasteiger partial charge on any atom is 0.280 e. The van der Waals surface area contributed by atoms with Crippen LogP contribution >= 0.6 is 0 Å². The summed E-state index contributed by atoms with van der Waals surface area (Å²) in [5, 5.41) is 15.7. The molecule has 1 saturated heterocycles. The molecule has 0 radical (unpaired) electrons. The third-order valence-electron chi connectivity index (χ3n) is 6.77. The van der Waals surface area contributed by atoms with Crippen LogP contribution in [0.4, 0.5) is 11.4 Å². The second-order valence-electron chi connectivity index (χ2n) is 8.93. The summed E-state index contributed by atoms with van der Waals surface area (Å²) in [5.74, 6) is 0.438. The van der Waals surface area contributed by atoms with Crippen LogP contribution in [0.25, 0.3) is 0 Å². The molecule has 2 fully saturated rings. The van der Waals surface area contributed by atoms with Crippen molar-refractivity contribution < 1.29 is 9.53 Å². The van der Waals surface area contributed by atoms with Crippen molar-refractivity contribution in [2.24, 2.45) is 0 Å². The van der Waals surface area contributed by atoms with E-state index in [0.717, 1.165) is 12.2 Å². The maximum absolute atomic E-state index is 13.5. The second-order valence-corrected chi connectivity index (χ2v) is 8.93. The molecule has 7 nitrogen and oxygen atoms in total. The van der Waals surface area contributed by atoms with Gasteiger partial charge in [0.05, 0.1) is 7.11 Å². The summed E-state index contributed by atoms with van der Waals surface area (Å²) >= 11 is 0. The summed E-state index contributed by atoms with van der Waals surface area (Å²) in [6, 6.07) is 19.1. The Labute approximate surface area is 193 Å². The van der Waals surface area contributed by atoms with Gasteiger partial charge in [-0.05, 0) is 80.7 Å². The van der Waals surface area contributed by atoms with Crippen molar-refractivity contribution in [2.75, 3.05) is 31.6 Å². The van der Waals surface area contributed by atoms with Gasteiger partial charge in [0.1, 0.15) is 17.5 Å². The Bertz CT molecular complexity index is 1170. The summed E-state index contributed by atoms with van der Waals surface area (Å²) < 4.78 is 5.27. The number of nitriles is 1. The third-order valence-corrected chi connectivity index (χ3v) is 6.77. The van der Waals surface area contributed by atoms with E-state index >= 15 is 0 Å². The van der Waals surface area contributed by atoms with Crippen LogP contribution < -0.4 is 9.64 Å². The molecule has 1 aromatic heterocycles. The molecule has 2 heterocycles. The van der Waals surface area contributed by atoms with Crippen LogP contribution in [-0.2, 0) is 5.41 Å². The lowest BCUT2D eigenvalue weighted by atomic mass is 9.95. The summed E-state index contributed by atoms with van der Waals surface area (Å²) in [5.41, 5.74) is 3.51. The summed E-state index contributed by atoms with van der Waals surface area (Å²) in [7, 11) is 1.61. The van der Waals surface area contributed by atoms with Gasteiger partial charge in [-0.15, -0.1) is 0 Å². The molecule has 2 aliphatic rings. The number of ether oxygens (including phenoxy) is 1. The molecule has 1 N–H and O–H groups in total. The van der Waals surface area contributed by atoms with Crippen LogP contribution in [0.2, 0.25) is 0 Å². The first-order chi connectivity index (χ1) is 16.1. The van der Waals surface area contributed by atoms with Crippen LogP contribution in [0, 0.1) is 11.3 Å². The fraction of sp³-hybridized carbons (Fsp3) is 0.346. The number of hydrogen-bond acceptors (Lipinski definition) is 5.